The molecule has 2 aromatic rings. The molecule has 0 unspecified atom stereocenters. The Morgan fingerprint density at radius 1 is 0.844 bits per heavy atom. The number of piperidine rings is 3. The van der Waals surface area contributed by atoms with Crippen LogP contribution in [0.2, 0.25) is 0 Å². The maximum Gasteiger partial charge on any atom is 0.310 e. The molecule has 4 aliphatic rings. The van der Waals surface area contributed by atoms with Crippen LogP contribution in [0.1, 0.15) is 12.8 Å². The van der Waals surface area contributed by atoms with Crippen molar-refractivity contribution in [2.75, 3.05) is 19.6 Å². The highest BCUT2D eigenvalue weighted by Crippen LogP contribution is 2.52. The Labute approximate surface area is 182 Å². The summed E-state index contributed by atoms with van der Waals surface area (Å²) in [5, 5.41) is 42.2. The molecule has 4 fully saturated rings. The fourth-order valence-electron chi connectivity index (χ4n) is 5.49. The Morgan fingerprint density at radius 3 is 1.69 bits per heavy atom. The van der Waals surface area contributed by atoms with Gasteiger partial charge in [-0.05, 0) is 30.9 Å². The van der Waals surface area contributed by atoms with Crippen LogP contribution in [0.15, 0.2) is 36.4 Å². The number of phenolic OH excluding ortho intramolecular Hbond substituents is 2. The van der Waals surface area contributed by atoms with E-state index in [0.717, 1.165) is 32.5 Å². The molecule has 1 aliphatic carbocycles. The maximum atomic E-state index is 11.0. The zero-order valence-corrected chi connectivity index (χ0v) is 16.9. The summed E-state index contributed by atoms with van der Waals surface area (Å²) in [4.78, 5) is 23.1. The Morgan fingerprint density at radius 2 is 1.31 bits per heavy atom. The lowest BCUT2D eigenvalue weighted by atomic mass is 9.64. The van der Waals surface area contributed by atoms with Crippen molar-refractivity contribution in [1.29, 1.82) is 0 Å². The van der Waals surface area contributed by atoms with Crippen LogP contribution in [0.5, 0.6) is 23.0 Å². The molecule has 4 bridgehead atoms. The van der Waals surface area contributed by atoms with Gasteiger partial charge in [-0.2, -0.15) is 0 Å². The van der Waals surface area contributed by atoms with Gasteiger partial charge in [-0.1, -0.05) is 0 Å². The predicted octanol–water partition coefficient (Wildman–Crippen LogP) is 3.04. The van der Waals surface area contributed by atoms with Gasteiger partial charge in [-0.3, -0.25) is 20.2 Å². The molecule has 3 aliphatic heterocycles. The van der Waals surface area contributed by atoms with Gasteiger partial charge in [0.15, 0.2) is 11.5 Å². The molecule has 11 heteroatoms. The van der Waals surface area contributed by atoms with E-state index in [9.17, 15) is 30.4 Å². The first kappa shape index (κ1) is 20.3. The number of phenols is 2. The normalized spacial score (nSPS) is 27.1. The van der Waals surface area contributed by atoms with E-state index in [-0.39, 0.29) is 23.3 Å². The van der Waals surface area contributed by atoms with Crippen molar-refractivity contribution in [3.05, 3.63) is 56.6 Å². The molecule has 0 amide bonds. The minimum absolute atomic E-state index is 0.0246. The second kappa shape index (κ2) is 7.23. The third-order valence-electron chi connectivity index (χ3n) is 6.69. The number of nitro benzene ring substituents is 2. The molecule has 11 nitrogen and oxygen atoms in total. The van der Waals surface area contributed by atoms with Gasteiger partial charge in [-0.25, -0.2) is 0 Å². The van der Waals surface area contributed by atoms with Crippen molar-refractivity contribution in [2.45, 2.75) is 18.6 Å². The second-order valence-corrected chi connectivity index (χ2v) is 8.69. The maximum absolute atomic E-state index is 11.0. The molecule has 1 saturated carbocycles. The first-order valence-corrected chi connectivity index (χ1v) is 10.3. The van der Waals surface area contributed by atoms with Gasteiger partial charge in [-0.15, -0.1) is 0 Å². The minimum Gasteiger partial charge on any atom is -0.502 e. The van der Waals surface area contributed by atoms with Gasteiger partial charge < -0.3 is 24.6 Å². The molecular weight excluding hydrogens is 422 g/mol. The number of benzene rings is 2. The Kier molecular flexibility index (Phi) is 4.59. The molecule has 4 atom stereocenters. The van der Waals surface area contributed by atoms with Crippen molar-refractivity contribution in [3.8, 4) is 23.0 Å². The summed E-state index contributed by atoms with van der Waals surface area (Å²) < 4.78 is 12.7. The molecule has 168 valence electrons. The van der Waals surface area contributed by atoms with Gasteiger partial charge in [0.1, 0.15) is 11.5 Å². The van der Waals surface area contributed by atoms with E-state index in [4.69, 9.17) is 9.47 Å². The summed E-state index contributed by atoms with van der Waals surface area (Å²) in [7, 11) is 0. The highest BCUT2D eigenvalue weighted by molar-refractivity contribution is 5.51. The van der Waals surface area contributed by atoms with E-state index in [0.29, 0.717) is 5.92 Å². The summed E-state index contributed by atoms with van der Waals surface area (Å²) in [6, 6.07) is 7.58. The lowest BCUT2D eigenvalue weighted by Crippen LogP contribution is -2.71. The first-order valence-electron chi connectivity index (χ1n) is 10.3. The van der Waals surface area contributed by atoms with E-state index in [2.05, 4.69) is 4.90 Å². The number of hydrogen-bond acceptors (Lipinski definition) is 9. The van der Waals surface area contributed by atoms with Crippen LogP contribution in [0, 0.1) is 38.0 Å². The molecule has 0 spiro atoms. The average molecular weight is 443 g/mol. The number of rotatable bonds is 6. The van der Waals surface area contributed by atoms with Crippen molar-refractivity contribution in [3.63, 3.8) is 0 Å². The molecule has 0 radical (unpaired) electrons. The molecular formula is C21H21N3O8. The lowest BCUT2D eigenvalue weighted by Gasteiger charge is -2.60. The van der Waals surface area contributed by atoms with Crippen molar-refractivity contribution >= 4 is 11.4 Å². The molecule has 6 rings (SSSR count). The SMILES string of the molecule is O=[N+]([O-])c1ccc(OC2(Oc3ccc([N+](=O)[O-])c(O)c3)[C@@H]3C[C@H]4C[C@H]2C[N@](C4)C3)cc1O. The fourth-order valence-corrected chi connectivity index (χ4v) is 5.49. The number of ether oxygens (including phenoxy) is 2. The average Bonchev–Trinajstić information content (AvgIpc) is 2.71. The largest absolute Gasteiger partial charge is 0.502 e. The smallest absolute Gasteiger partial charge is 0.310 e. The van der Waals surface area contributed by atoms with Crippen LogP contribution in [0.3, 0.4) is 0 Å². The summed E-state index contributed by atoms with van der Waals surface area (Å²) in [6.07, 6.45) is 1.73. The van der Waals surface area contributed by atoms with E-state index in [1.54, 1.807) is 0 Å². The quantitative estimate of drug-likeness (QED) is 0.390. The van der Waals surface area contributed by atoms with Crippen molar-refractivity contribution in [2.24, 2.45) is 17.8 Å². The number of aromatic hydroxyl groups is 2. The van der Waals surface area contributed by atoms with Crippen LogP contribution in [-0.2, 0) is 0 Å². The van der Waals surface area contributed by atoms with Crippen LogP contribution >= 0.6 is 0 Å². The molecule has 0 aromatic heterocycles. The monoisotopic (exact) mass is 443 g/mol. The molecule has 3 saturated heterocycles. The summed E-state index contributed by atoms with van der Waals surface area (Å²) >= 11 is 0. The molecule has 2 aromatic carbocycles. The summed E-state index contributed by atoms with van der Waals surface area (Å²) in [5.41, 5.74) is -0.854. The lowest BCUT2D eigenvalue weighted by molar-refractivity contribution is -0.386. The van der Waals surface area contributed by atoms with Crippen molar-refractivity contribution < 1.29 is 29.5 Å². The second-order valence-electron chi connectivity index (χ2n) is 8.69. The number of nitro groups is 2. The molecule has 3 heterocycles. The van der Waals surface area contributed by atoms with Crippen LogP contribution in [0.25, 0.3) is 0 Å². The Hall–Kier alpha value is -3.60. The summed E-state index contributed by atoms with van der Waals surface area (Å²) in [5.74, 6) is -1.25. The minimum atomic E-state index is -1.14. The Balaban J connectivity index is 1.52. The van der Waals surface area contributed by atoms with Crippen LogP contribution in [-0.4, -0.2) is 50.4 Å². The molecule has 32 heavy (non-hydrogen) atoms. The Bertz CT molecular complexity index is 1010. The first-order chi connectivity index (χ1) is 15.2. The topological polar surface area (TPSA) is 148 Å². The fraction of sp³-hybridized carbons (Fsp3) is 0.429. The summed E-state index contributed by atoms with van der Waals surface area (Å²) in [6.45, 7) is 2.51. The van der Waals surface area contributed by atoms with Crippen LogP contribution < -0.4 is 9.47 Å². The predicted molar refractivity (Wildman–Crippen MR) is 110 cm³/mol. The third kappa shape index (κ3) is 3.25. The van der Waals surface area contributed by atoms with Gasteiger partial charge >= 0.3 is 11.4 Å². The highest BCUT2D eigenvalue weighted by Gasteiger charge is 2.61. The highest BCUT2D eigenvalue weighted by atomic mass is 16.7. The third-order valence-corrected chi connectivity index (χ3v) is 6.69. The van der Waals surface area contributed by atoms with Gasteiger partial charge in [0.25, 0.3) is 5.79 Å². The van der Waals surface area contributed by atoms with Crippen molar-refractivity contribution in [1.82, 2.24) is 4.90 Å². The standard InChI is InChI=1S/C21H21N3O8/c25-19-7-15(1-3-17(19)23(27)28)31-21(13-5-12-6-14(21)11-22(9-12)10-13)32-16-2-4-18(24(29)30)20(26)8-16/h1-4,7-8,12-14,25-26H,5-6,9-11H2/t12-,13+,14-. The van der Waals surface area contributed by atoms with Gasteiger partial charge in [0.05, 0.1) is 9.85 Å². The van der Waals surface area contributed by atoms with Crippen LogP contribution in [0.4, 0.5) is 11.4 Å². The zero-order chi connectivity index (χ0) is 22.6. The molecule has 2 N–H and O–H groups in total. The zero-order valence-electron chi connectivity index (χ0n) is 16.9. The number of hydrogen-bond donors (Lipinski definition) is 2. The number of nitrogens with zero attached hydrogens (tertiary/aromatic N) is 3. The van der Waals surface area contributed by atoms with E-state index >= 15 is 0 Å². The van der Waals surface area contributed by atoms with E-state index < -0.39 is 38.5 Å². The van der Waals surface area contributed by atoms with E-state index in [1.807, 2.05) is 0 Å². The van der Waals surface area contributed by atoms with Gasteiger partial charge in [0, 0.05) is 55.7 Å². The van der Waals surface area contributed by atoms with E-state index in [1.165, 1.54) is 36.4 Å². The van der Waals surface area contributed by atoms with Gasteiger partial charge in [0.2, 0.25) is 0 Å².